The molecule has 3 aromatic heterocycles. The molecule has 4 heterocycles. The second kappa shape index (κ2) is 9.53. The summed E-state index contributed by atoms with van der Waals surface area (Å²) in [6.07, 6.45) is 1.52. The zero-order valence-electron chi connectivity index (χ0n) is 22.0. The van der Waals surface area contributed by atoms with Crippen molar-refractivity contribution in [3.05, 3.63) is 99.1 Å². The molecule has 0 spiro atoms. The van der Waals surface area contributed by atoms with Gasteiger partial charge in [-0.25, -0.2) is 19.3 Å². The van der Waals surface area contributed by atoms with Crippen molar-refractivity contribution in [2.75, 3.05) is 21.3 Å². The molecule has 41 heavy (non-hydrogen) atoms. The Bertz CT molecular complexity index is 2050. The van der Waals surface area contributed by atoms with Gasteiger partial charge in [0.1, 0.15) is 17.7 Å². The summed E-state index contributed by atoms with van der Waals surface area (Å²) in [5, 5.41) is 5.81. The van der Waals surface area contributed by atoms with Gasteiger partial charge in [-0.15, -0.1) is 5.10 Å². The molecule has 6 aromatic rings. The van der Waals surface area contributed by atoms with Crippen LogP contribution in [0.15, 0.2) is 76.2 Å². The molecule has 0 bridgehead atoms. The van der Waals surface area contributed by atoms with E-state index in [1.54, 1.807) is 62.2 Å². The number of fused-ring (bicyclic) bond motifs is 6. The van der Waals surface area contributed by atoms with Crippen LogP contribution in [0.25, 0.3) is 28.0 Å². The van der Waals surface area contributed by atoms with E-state index in [4.69, 9.17) is 39.9 Å². The third kappa shape index (κ3) is 3.86. The molecule has 1 unspecified atom stereocenters. The highest BCUT2D eigenvalue weighted by Gasteiger charge is 2.38. The van der Waals surface area contributed by atoms with Crippen LogP contribution < -0.4 is 24.6 Å². The Morgan fingerprint density at radius 3 is 2.49 bits per heavy atom. The predicted octanol–water partition coefficient (Wildman–Crippen LogP) is 5.86. The number of halogens is 1. The summed E-state index contributed by atoms with van der Waals surface area (Å²) in [6, 6.07) is 17.9. The average Bonchev–Trinajstić information content (AvgIpc) is 3.44. The van der Waals surface area contributed by atoms with Gasteiger partial charge in [0.15, 0.2) is 28.7 Å². The van der Waals surface area contributed by atoms with E-state index in [1.807, 2.05) is 24.3 Å². The lowest BCUT2D eigenvalue weighted by Crippen LogP contribution is -2.22. The first-order valence-corrected chi connectivity index (χ1v) is 12.9. The highest BCUT2D eigenvalue weighted by Crippen LogP contribution is 2.50. The average molecular weight is 569 g/mol. The Labute approximate surface area is 237 Å². The van der Waals surface area contributed by atoms with Crippen LogP contribution in [0.4, 0.5) is 0 Å². The molecule has 11 heteroatoms. The van der Waals surface area contributed by atoms with Crippen LogP contribution >= 0.6 is 11.6 Å². The van der Waals surface area contributed by atoms with E-state index in [9.17, 15) is 4.79 Å². The number of para-hydroxylation sites is 1. The van der Waals surface area contributed by atoms with Crippen LogP contribution in [0.3, 0.4) is 0 Å². The Morgan fingerprint density at radius 2 is 1.68 bits per heavy atom. The molecule has 0 aliphatic carbocycles. The Balaban J connectivity index is 1.54. The van der Waals surface area contributed by atoms with Gasteiger partial charge in [-0.1, -0.05) is 29.8 Å². The molecule has 1 aliphatic rings. The van der Waals surface area contributed by atoms with Crippen molar-refractivity contribution in [3.63, 3.8) is 0 Å². The highest BCUT2D eigenvalue weighted by molar-refractivity contribution is 6.30. The number of nitrogens with zero attached hydrogens (tertiary/aromatic N) is 4. The first-order chi connectivity index (χ1) is 20.0. The maximum atomic E-state index is 13.6. The van der Waals surface area contributed by atoms with Gasteiger partial charge in [0.25, 0.3) is 0 Å². The zero-order chi connectivity index (χ0) is 28.2. The third-order valence-corrected chi connectivity index (χ3v) is 7.34. The molecule has 0 N–H and O–H groups in total. The predicted molar refractivity (Wildman–Crippen MR) is 151 cm³/mol. The minimum atomic E-state index is -0.691. The monoisotopic (exact) mass is 568 g/mol. The van der Waals surface area contributed by atoms with E-state index in [-0.39, 0.29) is 5.88 Å². The molecule has 7 rings (SSSR count). The van der Waals surface area contributed by atoms with Crippen molar-refractivity contribution in [2.45, 2.75) is 5.92 Å². The summed E-state index contributed by atoms with van der Waals surface area (Å²) in [5.74, 6) is 1.93. The van der Waals surface area contributed by atoms with Crippen LogP contribution in [-0.4, -0.2) is 40.9 Å². The van der Waals surface area contributed by atoms with Gasteiger partial charge in [0.05, 0.1) is 49.3 Å². The molecule has 3 aromatic carbocycles. The first kappa shape index (κ1) is 24.9. The van der Waals surface area contributed by atoms with Gasteiger partial charge >= 0.3 is 5.63 Å². The van der Waals surface area contributed by atoms with E-state index in [0.29, 0.717) is 67.2 Å². The molecule has 10 nitrogen and oxygen atoms in total. The van der Waals surface area contributed by atoms with Crippen molar-refractivity contribution in [1.82, 2.24) is 19.6 Å². The Hall–Kier alpha value is -5.09. The molecule has 0 fully saturated rings. The van der Waals surface area contributed by atoms with Gasteiger partial charge in [-0.2, -0.15) is 0 Å². The molecular weight excluding hydrogens is 548 g/mol. The van der Waals surface area contributed by atoms with Crippen molar-refractivity contribution in [1.29, 1.82) is 0 Å². The molecule has 204 valence electrons. The fourth-order valence-corrected chi connectivity index (χ4v) is 5.44. The standard InChI is InChI=1S/C30H21ClN4O6/c1-37-19-11-9-16(31)13-18(19)27-33-28-25-23(15-8-10-21(38-2)22(12-15)39-3)24-26(41-29(25)32-14-35(28)34-27)17-6-4-5-7-20(17)40-30(24)36/h4-14,23H,1-3H3. The number of hydrogen-bond acceptors (Lipinski definition) is 9. The van der Waals surface area contributed by atoms with E-state index in [2.05, 4.69) is 10.1 Å². The zero-order valence-corrected chi connectivity index (χ0v) is 22.8. The van der Waals surface area contributed by atoms with Crippen LogP contribution in [0.1, 0.15) is 22.6 Å². The second-order valence-electron chi connectivity index (χ2n) is 9.29. The van der Waals surface area contributed by atoms with Crippen LogP contribution in [-0.2, 0) is 0 Å². The molecule has 1 aliphatic heterocycles. The van der Waals surface area contributed by atoms with Crippen LogP contribution in [0.5, 0.6) is 28.9 Å². The molecule has 1 atom stereocenters. The normalized spacial score (nSPS) is 13.9. The minimum absolute atomic E-state index is 0.289. The van der Waals surface area contributed by atoms with E-state index < -0.39 is 11.5 Å². The molecule has 0 saturated heterocycles. The molecule has 0 amide bonds. The smallest absolute Gasteiger partial charge is 0.344 e. The van der Waals surface area contributed by atoms with E-state index in [1.165, 1.54) is 6.33 Å². The Morgan fingerprint density at radius 1 is 0.902 bits per heavy atom. The quantitative estimate of drug-likeness (QED) is 0.236. The van der Waals surface area contributed by atoms with E-state index in [0.717, 1.165) is 5.56 Å². The number of ether oxygens (including phenoxy) is 4. The summed E-state index contributed by atoms with van der Waals surface area (Å²) < 4.78 is 30.3. The Kier molecular flexibility index (Phi) is 5.79. The maximum Gasteiger partial charge on any atom is 0.344 e. The topological polar surface area (TPSA) is 110 Å². The van der Waals surface area contributed by atoms with Crippen molar-refractivity contribution >= 4 is 28.2 Å². The third-order valence-electron chi connectivity index (χ3n) is 7.11. The van der Waals surface area contributed by atoms with Gasteiger partial charge in [-0.3, -0.25) is 0 Å². The lowest BCUT2D eigenvalue weighted by atomic mass is 9.84. The number of rotatable bonds is 5. The summed E-state index contributed by atoms with van der Waals surface area (Å²) in [5.41, 5.74) is 2.47. The number of aromatic nitrogens is 4. The number of benzene rings is 3. The van der Waals surface area contributed by atoms with Gasteiger partial charge < -0.3 is 23.4 Å². The van der Waals surface area contributed by atoms with Gasteiger partial charge in [0.2, 0.25) is 5.88 Å². The number of methoxy groups -OCH3 is 3. The second-order valence-corrected chi connectivity index (χ2v) is 9.73. The fraction of sp³-hybridized carbons (Fsp3) is 0.133. The first-order valence-electron chi connectivity index (χ1n) is 12.6. The lowest BCUT2D eigenvalue weighted by molar-refractivity contribution is 0.354. The van der Waals surface area contributed by atoms with Gasteiger partial charge in [-0.05, 0) is 48.0 Å². The van der Waals surface area contributed by atoms with Crippen molar-refractivity contribution < 1.29 is 23.4 Å². The molecular formula is C30H21ClN4O6. The summed E-state index contributed by atoms with van der Waals surface area (Å²) >= 11 is 6.30. The van der Waals surface area contributed by atoms with Crippen LogP contribution in [0.2, 0.25) is 5.02 Å². The van der Waals surface area contributed by atoms with Crippen LogP contribution in [0, 0.1) is 0 Å². The largest absolute Gasteiger partial charge is 0.496 e. The SMILES string of the molecule is COc1ccc(C2c3c(c4ccccc4oc3=O)Oc3ncn4nc(-c5cc(Cl)ccc5OC)nc4c32)cc1OC. The number of hydrogen-bond donors (Lipinski definition) is 0. The lowest BCUT2D eigenvalue weighted by Gasteiger charge is -2.27. The van der Waals surface area contributed by atoms with E-state index >= 15 is 0 Å². The molecule has 0 saturated carbocycles. The molecule has 0 radical (unpaired) electrons. The van der Waals surface area contributed by atoms with Crippen molar-refractivity contribution in [2.24, 2.45) is 0 Å². The minimum Gasteiger partial charge on any atom is -0.496 e. The summed E-state index contributed by atoms with van der Waals surface area (Å²) in [6.45, 7) is 0. The highest BCUT2D eigenvalue weighted by atomic mass is 35.5. The summed E-state index contributed by atoms with van der Waals surface area (Å²) in [7, 11) is 4.68. The van der Waals surface area contributed by atoms with Crippen molar-refractivity contribution in [3.8, 4) is 40.3 Å². The summed E-state index contributed by atoms with van der Waals surface area (Å²) in [4.78, 5) is 23.1. The fourth-order valence-electron chi connectivity index (χ4n) is 5.26. The maximum absolute atomic E-state index is 13.6. The van der Waals surface area contributed by atoms with Gasteiger partial charge in [0, 0.05) is 5.02 Å².